The maximum Gasteiger partial charge on any atom is 0.253 e. The first-order chi connectivity index (χ1) is 8.74. The Hall–Kier alpha value is -1.88. The first-order valence-corrected chi connectivity index (χ1v) is 6.03. The van der Waals surface area contributed by atoms with Gasteiger partial charge in [0, 0.05) is 13.0 Å². The lowest BCUT2D eigenvalue weighted by Gasteiger charge is -2.10. The maximum absolute atomic E-state index is 6.03. The Kier molecular flexibility index (Phi) is 2.76. The molecular formula is C13H15N3O2. The second-order valence-corrected chi connectivity index (χ2v) is 4.47. The van der Waals surface area contributed by atoms with Gasteiger partial charge < -0.3 is 14.9 Å². The summed E-state index contributed by atoms with van der Waals surface area (Å²) in [6, 6.07) is 6.13. The number of nitrogens with zero attached hydrogens (tertiary/aromatic N) is 2. The van der Waals surface area contributed by atoms with Gasteiger partial charge in [0.25, 0.3) is 5.89 Å². The van der Waals surface area contributed by atoms with E-state index < -0.39 is 0 Å². The molecule has 94 valence electrons. The molecular weight excluding hydrogens is 230 g/mol. The molecule has 0 bridgehead atoms. The van der Waals surface area contributed by atoms with E-state index in [1.807, 2.05) is 12.1 Å². The second-order valence-electron chi connectivity index (χ2n) is 4.47. The van der Waals surface area contributed by atoms with E-state index in [9.17, 15) is 0 Å². The molecule has 1 heterocycles. The van der Waals surface area contributed by atoms with E-state index in [2.05, 4.69) is 16.3 Å². The van der Waals surface area contributed by atoms with Crippen molar-refractivity contribution in [3.8, 4) is 5.75 Å². The number of aryl methyl sites for hydroxylation is 1. The molecule has 5 nitrogen and oxygen atoms in total. The zero-order valence-corrected chi connectivity index (χ0v) is 10.2. The molecule has 3 rings (SSSR count). The van der Waals surface area contributed by atoms with Gasteiger partial charge in [0.1, 0.15) is 5.75 Å². The molecule has 0 saturated carbocycles. The van der Waals surface area contributed by atoms with Gasteiger partial charge in [-0.2, -0.15) is 0 Å². The molecule has 2 aromatic rings. The highest BCUT2D eigenvalue weighted by molar-refractivity contribution is 5.44. The average molecular weight is 245 g/mol. The molecule has 1 aliphatic carbocycles. The van der Waals surface area contributed by atoms with Crippen molar-refractivity contribution in [3.05, 3.63) is 41.1 Å². The predicted octanol–water partition coefficient (Wildman–Crippen LogP) is 1.90. The van der Waals surface area contributed by atoms with Crippen LogP contribution in [-0.2, 0) is 13.0 Å². The van der Waals surface area contributed by atoms with E-state index >= 15 is 0 Å². The second kappa shape index (κ2) is 4.42. The summed E-state index contributed by atoms with van der Waals surface area (Å²) in [6.45, 7) is 2.06. The van der Waals surface area contributed by atoms with Crippen LogP contribution in [0.4, 0.5) is 0 Å². The van der Waals surface area contributed by atoms with E-state index in [4.69, 9.17) is 14.9 Å². The third kappa shape index (κ3) is 1.97. The van der Waals surface area contributed by atoms with E-state index in [0.717, 1.165) is 18.6 Å². The Bertz CT molecular complexity index is 565. The molecule has 18 heavy (non-hydrogen) atoms. The minimum Gasteiger partial charge on any atom is -0.484 e. The molecule has 2 N–H and O–H groups in total. The molecule has 5 heteroatoms. The molecule has 1 unspecified atom stereocenters. The van der Waals surface area contributed by atoms with Gasteiger partial charge in [0.15, 0.2) is 6.61 Å². The van der Waals surface area contributed by atoms with Crippen LogP contribution < -0.4 is 10.5 Å². The molecule has 0 spiro atoms. The quantitative estimate of drug-likeness (QED) is 0.894. The summed E-state index contributed by atoms with van der Waals surface area (Å²) in [6.07, 6.45) is 1.95. The van der Waals surface area contributed by atoms with E-state index in [0.29, 0.717) is 18.4 Å². The Morgan fingerprint density at radius 1 is 1.44 bits per heavy atom. The van der Waals surface area contributed by atoms with Crippen molar-refractivity contribution in [3.63, 3.8) is 0 Å². The minimum atomic E-state index is 0.134. The zero-order chi connectivity index (χ0) is 12.5. The fraction of sp³-hybridized carbons (Fsp3) is 0.385. The van der Waals surface area contributed by atoms with Crippen LogP contribution in [0.3, 0.4) is 0 Å². The SMILES string of the molecule is Cc1nnc(COc2cccc3c2CCC3N)o1. The highest BCUT2D eigenvalue weighted by Crippen LogP contribution is 2.35. The summed E-state index contributed by atoms with van der Waals surface area (Å²) in [5, 5.41) is 7.67. The number of aromatic nitrogens is 2. The van der Waals surface area contributed by atoms with Gasteiger partial charge in [-0.1, -0.05) is 12.1 Å². The van der Waals surface area contributed by atoms with E-state index in [1.54, 1.807) is 6.92 Å². The van der Waals surface area contributed by atoms with Crippen molar-refractivity contribution in [1.82, 2.24) is 10.2 Å². The predicted molar refractivity (Wildman–Crippen MR) is 65.1 cm³/mol. The number of ether oxygens (including phenoxy) is 1. The maximum atomic E-state index is 6.03. The Morgan fingerprint density at radius 2 is 2.33 bits per heavy atom. The van der Waals surface area contributed by atoms with Crippen LogP contribution in [0.1, 0.15) is 35.4 Å². The van der Waals surface area contributed by atoms with Crippen molar-refractivity contribution in [2.24, 2.45) is 5.73 Å². The first kappa shape index (κ1) is 11.2. The molecule has 1 aliphatic rings. The number of fused-ring (bicyclic) bond motifs is 1. The molecule has 1 aromatic heterocycles. The summed E-state index contributed by atoms with van der Waals surface area (Å²) in [5.41, 5.74) is 8.43. The van der Waals surface area contributed by atoms with Crippen molar-refractivity contribution in [2.45, 2.75) is 32.4 Å². The lowest BCUT2D eigenvalue weighted by molar-refractivity contribution is 0.258. The van der Waals surface area contributed by atoms with Gasteiger partial charge in [-0.05, 0) is 30.0 Å². The van der Waals surface area contributed by atoms with E-state index in [1.165, 1.54) is 11.1 Å². The van der Waals surface area contributed by atoms with Crippen molar-refractivity contribution in [2.75, 3.05) is 0 Å². The number of rotatable bonds is 3. The minimum absolute atomic E-state index is 0.134. The highest BCUT2D eigenvalue weighted by atomic mass is 16.5. The monoisotopic (exact) mass is 245 g/mol. The number of hydrogen-bond donors (Lipinski definition) is 1. The van der Waals surface area contributed by atoms with Crippen molar-refractivity contribution >= 4 is 0 Å². The molecule has 1 aromatic carbocycles. The molecule has 0 amide bonds. The van der Waals surface area contributed by atoms with Crippen LogP contribution in [-0.4, -0.2) is 10.2 Å². The van der Waals surface area contributed by atoms with Crippen LogP contribution in [0.15, 0.2) is 22.6 Å². The first-order valence-electron chi connectivity index (χ1n) is 6.03. The average Bonchev–Trinajstić information content (AvgIpc) is 2.94. The summed E-state index contributed by atoms with van der Waals surface area (Å²) >= 11 is 0. The smallest absolute Gasteiger partial charge is 0.253 e. The summed E-state index contributed by atoms with van der Waals surface area (Å²) in [4.78, 5) is 0. The van der Waals surface area contributed by atoms with Crippen molar-refractivity contribution < 1.29 is 9.15 Å². The summed E-state index contributed by atoms with van der Waals surface area (Å²) < 4.78 is 11.0. The standard InChI is InChI=1S/C13H15N3O2/c1-8-15-16-13(18-8)7-17-12-4-2-3-9-10(12)5-6-11(9)14/h2-4,11H,5-7,14H2,1H3. The number of hydrogen-bond acceptors (Lipinski definition) is 5. The molecule has 0 aliphatic heterocycles. The third-order valence-electron chi connectivity index (χ3n) is 3.19. The Morgan fingerprint density at radius 3 is 3.11 bits per heavy atom. The lowest BCUT2D eigenvalue weighted by Crippen LogP contribution is -2.05. The largest absolute Gasteiger partial charge is 0.484 e. The molecule has 1 atom stereocenters. The summed E-state index contributed by atoms with van der Waals surface area (Å²) in [5.74, 6) is 1.91. The van der Waals surface area contributed by atoms with Crippen LogP contribution >= 0.6 is 0 Å². The highest BCUT2D eigenvalue weighted by Gasteiger charge is 2.22. The van der Waals surface area contributed by atoms with Gasteiger partial charge in [0.2, 0.25) is 5.89 Å². The number of benzene rings is 1. The lowest BCUT2D eigenvalue weighted by atomic mass is 10.1. The summed E-state index contributed by atoms with van der Waals surface area (Å²) in [7, 11) is 0. The van der Waals surface area contributed by atoms with Gasteiger partial charge in [0.05, 0.1) is 0 Å². The van der Waals surface area contributed by atoms with E-state index in [-0.39, 0.29) is 6.04 Å². The molecule has 0 saturated heterocycles. The van der Waals surface area contributed by atoms with Crippen LogP contribution in [0.5, 0.6) is 5.75 Å². The topological polar surface area (TPSA) is 74.2 Å². The molecule has 0 fully saturated rings. The van der Waals surface area contributed by atoms with Crippen LogP contribution in [0.2, 0.25) is 0 Å². The third-order valence-corrected chi connectivity index (χ3v) is 3.19. The zero-order valence-electron chi connectivity index (χ0n) is 10.2. The van der Waals surface area contributed by atoms with Crippen molar-refractivity contribution in [1.29, 1.82) is 0 Å². The Labute approximate surface area is 105 Å². The van der Waals surface area contributed by atoms with Crippen LogP contribution in [0, 0.1) is 6.92 Å². The van der Waals surface area contributed by atoms with Gasteiger partial charge in [-0.15, -0.1) is 10.2 Å². The molecule has 0 radical (unpaired) electrons. The Balaban J connectivity index is 1.78. The van der Waals surface area contributed by atoms with Gasteiger partial charge in [-0.3, -0.25) is 0 Å². The van der Waals surface area contributed by atoms with Crippen LogP contribution in [0.25, 0.3) is 0 Å². The normalized spacial score (nSPS) is 17.8. The number of nitrogens with two attached hydrogens (primary N) is 1. The fourth-order valence-electron chi connectivity index (χ4n) is 2.32. The fourth-order valence-corrected chi connectivity index (χ4v) is 2.32. The van der Waals surface area contributed by atoms with Gasteiger partial charge >= 0.3 is 0 Å². The van der Waals surface area contributed by atoms with Gasteiger partial charge in [-0.25, -0.2) is 0 Å².